The number of rotatable bonds is 4. The van der Waals surface area contributed by atoms with Crippen LogP contribution >= 0.6 is 0 Å². The number of benzene rings is 1. The Hall–Kier alpha value is -2.44. The van der Waals surface area contributed by atoms with Crippen molar-refractivity contribution < 1.29 is 14.5 Å². The fraction of sp³-hybridized carbons (Fsp3) is 0.529. The molecule has 1 aliphatic rings. The summed E-state index contributed by atoms with van der Waals surface area (Å²) in [6, 6.07) is 4.65. The summed E-state index contributed by atoms with van der Waals surface area (Å²) in [5, 5.41) is 14.1. The Balaban J connectivity index is 2.01. The second kappa shape index (κ2) is 7.42. The number of nitrogens with one attached hydrogen (secondary N) is 1. The van der Waals surface area contributed by atoms with E-state index in [1.165, 1.54) is 6.07 Å². The molecule has 0 atom stereocenters. The van der Waals surface area contributed by atoms with Crippen LogP contribution in [0.5, 0.6) is 0 Å². The molecule has 0 unspecified atom stereocenters. The van der Waals surface area contributed by atoms with Crippen molar-refractivity contribution in [2.24, 2.45) is 5.92 Å². The molecule has 7 nitrogen and oxygen atoms in total. The van der Waals surface area contributed by atoms with Crippen LogP contribution in [-0.2, 0) is 4.79 Å². The average molecular weight is 333 g/mol. The van der Waals surface area contributed by atoms with E-state index in [0.717, 1.165) is 0 Å². The largest absolute Gasteiger partial charge is 0.349 e. The lowest BCUT2D eigenvalue weighted by Gasteiger charge is -2.33. The summed E-state index contributed by atoms with van der Waals surface area (Å²) in [5.41, 5.74) is 0.396. The topological polar surface area (TPSA) is 92.6 Å². The molecule has 0 aliphatic carbocycles. The third-order valence-corrected chi connectivity index (χ3v) is 4.30. The molecule has 1 aromatic carbocycles. The summed E-state index contributed by atoms with van der Waals surface area (Å²) in [4.78, 5) is 36.9. The molecule has 1 fully saturated rings. The lowest BCUT2D eigenvalue weighted by atomic mass is 10.0. The normalized spacial score (nSPS) is 15.4. The van der Waals surface area contributed by atoms with Gasteiger partial charge in [-0.05, 0) is 25.8 Å². The fourth-order valence-corrected chi connectivity index (χ4v) is 2.96. The molecule has 1 saturated heterocycles. The zero-order chi connectivity index (χ0) is 17.9. The van der Waals surface area contributed by atoms with E-state index in [9.17, 15) is 19.7 Å². The molecule has 2 rings (SSSR count). The molecule has 0 saturated carbocycles. The Morgan fingerprint density at radius 2 is 1.92 bits per heavy atom. The van der Waals surface area contributed by atoms with Crippen molar-refractivity contribution in [1.82, 2.24) is 10.2 Å². The zero-order valence-electron chi connectivity index (χ0n) is 14.2. The van der Waals surface area contributed by atoms with Crippen molar-refractivity contribution in [3.8, 4) is 0 Å². The van der Waals surface area contributed by atoms with Crippen molar-refractivity contribution in [2.45, 2.75) is 39.7 Å². The van der Waals surface area contributed by atoms with Crippen LogP contribution in [0.15, 0.2) is 18.2 Å². The average Bonchev–Trinajstić information content (AvgIpc) is 2.54. The van der Waals surface area contributed by atoms with Gasteiger partial charge in [0.1, 0.15) is 5.56 Å². The van der Waals surface area contributed by atoms with E-state index < -0.39 is 10.8 Å². The third kappa shape index (κ3) is 3.90. The van der Waals surface area contributed by atoms with E-state index in [4.69, 9.17) is 0 Å². The molecule has 1 N–H and O–H groups in total. The van der Waals surface area contributed by atoms with Crippen LogP contribution in [0.1, 0.15) is 42.6 Å². The monoisotopic (exact) mass is 333 g/mol. The summed E-state index contributed by atoms with van der Waals surface area (Å²) in [6.45, 7) is 6.54. The molecule has 130 valence electrons. The standard InChI is InChI=1S/C17H23N3O4/c1-11(2)17(22)19-9-7-13(8-10-19)18-16(21)14-6-4-5-12(3)15(14)20(23)24/h4-6,11,13H,7-10H2,1-3H3,(H,18,21). The maximum atomic E-state index is 12.4. The van der Waals surface area contributed by atoms with Crippen LogP contribution in [-0.4, -0.2) is 40.8 Å². The number of piperidine rings is 1. The molecular weight excluding hydrogens is 310 g/mol. The van der Waals surface area contributed by atoms with Crippen LogP contribution in [0.2, 0.25) is 0 Å². The molecule has 0 bridgehead atoms. The molecule has 0 spiro atoms. The molecule has 1 aromatic rings. The number of nitro benzene ring substituents is 1. The number of para-hydroxylation sites is 1. The Morgan fingerprint density at radius 3 is 2.46 bits per heavy atom. The molecule has 0 aromatic heterocycles. The van der Waals surface area contributed by atoms with E-state index in [-0.39, 0.29) is 29.1 Å². The van der Waals surface area contributed by atoms with Crippen LogP contribution in [0, 0.1) is 23.0 Å². The van der Waals surface area contributed by atoms with Crippen LogP contribution in [0.4, 0.5) is 5.69 Å². The highest BCUT2D eigenvalue weighted by Crippen LogP contribution is 2.23. The SMILES string of the molecule is Cc1cccc(C(=O)NC2CCN(C(=O)C(C)C)CC2)c1[N+](=O)[O-]. The van der Waals surface area contributed by atoms with Crippen LogP contribution < -0.4 is 5.32 Å². The number of amides is 2. The second-order valence-corrected chi connectivity index (χ2v) is 6.46. The van der Waals surface area contributed by atoms with Crippen molar-refractivity contribution in [2.75, 3.05) is 13.1 Å². The lowest BCUT2D eigenvalue weighted by Crippen LogP contribution is -2.47. The number of nitrogens with zero attached hydrogens (tertiary/aromatic N) is 2. The van der Waals surface area contributed by atoms with Crippen LogP contribution in [0.25, 0.3) is 0 Å². The first-order chi connectivity index (χ1) is 11.3. The van der Waals surface area contributed by atoms with Gasteiger partial charge >= 0.3 is 0 Å². The lowest BCUT2D eigenvalue weighted by molar-refractivity contribution is -0.385. The van der Waals surface area contributed by atoms with E-state index in [2.05, 4.69) is 5.32 Å². The van der Waals surface area contributed by atoms with Gasteiger partial charge in [0.2, 0.25) is 5.91 Å². The predicted molar refractivity (Wildman–Crippen MR) is 89.7 cm³/mol. The number of aryl methyl sites for hydroxylation is 1. The van der Waals surface area contributed by atoms with Gasteiger partial charge in [-0.1, -0.05) is 26.0 Å². The first-order valence-electron chi connectivity index (χ1n) is 8.15. The maximum absolute atomic E-state index is 12.4. The molecular formula is C17H23N3O4. The first-order valence-corrected chi connectivity index (χ1v) is 8.15. The van der Waals surface area contributed by atoms with Gasteiger partial charge in [0.15, 0.2) is 0 Å². The number of hydrogen-bond acceptors (Lipinski definition) is 4. The summed E-state index contributed by atoms with van der Waals surface area (Å²) in [7, 11) is 0. The molecule has 1 aliphatic heterocycles. The minimum absolute atomic E-state index is 0.0360. The van der Waals surface area contributed by atoms with E-state index >= 15 is 0 Å². The quantitative estimate of drug-likeness (QED) is 0.676. The number of nitro groups is 1. The van der Waals surface area contributed by atoms with Crippen LogP contribution in [0.3, 0.4) is 0 Å². The van der Waals surface area contributed by atoms with Gasteiger partial charge in [-0.2, -0.15) is 0 Å². The third-order valence-electron chi connectivity index (χ3n) is 4.30. The number of likely N-dealkylation sites (tertiary alicyclic amines) is 1. The highest BCUT2D eigenvalue weighted by Gasteiger charge is 2.28. The van der Waals surface area contributed by atoms with Gasteiger partial charge in [-0.25, -0.2) is 0 Å². The summed E-state index contributed by atoms with van der Waals surface area (Å²) < 4.78 is 0. The second-order valence-electron chi connectivity index (χ2n) is 6.46. The highest BCUT2D eigenvalue weighted by molar-refractivity contribution is 5.98. The van der Waals surface area contributed by atoms with E-state index in [1.54, 1.807) is 19.1 Å². The first kappa shape index (κ1) is 17.9. The minimum Gasteiger partial charge on any atom is -0.349 e. The summed E-state index contributed by atoms with van der Waals surface area (Å²) >= 11 is 0. The van der Waals surface area contributed by atoms with Crippen molar-refractivity contribution >= 4 is 17.5 Å². The van der Waals surface area contributed by atoms with E-state index in [1.807, 2.05) is 18.7 Å². The Morgan fingerprint density at radius 1 is 1.29 bits per heavy atom. The van der Waals surface area contributed by atoms with Gasteiger partial charge < -0.3 is 10.2 Å². The Labute approximate surface area is 141 Å². The van der Waals surface area contributed by atoms with Gasteiger partial charge in [-0.3, -0.25) is 19.7 Å². The van der Waals surface area contributed by atoms with Crippen molar-refractivity contribution in [1.29, 1.82) is 0 Å². The molecule has 0 radical (unpaired) electrons. The Kier molecular flexibility index (Phi) is 5.54. The number of carbonyl (C=O) groups is 2. The van der Waals surface area contributed by atoms with Gasteiger partial charge in [0, 0.05) is 30.6 Å². The van der Waals surface area contributed by atoms with Crippen molar-refractivity contribution in [3.05, 3.63) is 39.4 Å². The smallest absolute Gasteiger partial charge is 0.285 e. The molecule has 2 amide bonds. The maximum Gasteiger partial charge on any atom is 0.285 e. The fourth-order valence-electron chi connectivity index (χ4n) is 2.96. The molecule has 24 heavy (non-hydrogen) atoms. The summed E-state index contributed by atoms with van der Waals surface area (Å²) in [6.07, 6.45) is 1.31. The van der Waals surface area contributed by atoms with Gasteiger partial charge in [0.25, 0.3) is 11.6 Å². The van der Waals surface area contributed by atoms with Crippen molar-refractivity contribution in [3.63, 3.8) is 0 Å². The number of hydrogen-bond donors (Lipinski definition) is 1. The minimum atomic E-state index is -0.520. The molecule has 7 heteroatoms. The van der Waals surface area contributed by atoms with Gasteiger partial charge in [-0.15, -0.1) is 0 Å². The number of carbonyl (C=O) groups excluding carboxylic acids is 2. The van der Waals surface area contributed by atoms with E-state index in [0.29, 0.717) is 31.5 Å². The Bertz CT molecular complexity index is 649. The predicted octanol–water partition coefficient (Wildman–Crippen LogP) is 2.28. The molecule has 1 heterocycles. The zero-order valence-corrected chi connectivity index (χ0v) is 14.2. The summed E-state index contributed by atoms with van der Waals surface area (Å²) in [5.74, 6) is -0.348. The van der Waals surface area contributed by atoms with Gasteiger partial charge in [0.05, 0.1) is 4.92 Å². The highest BCUT2D eigenvalue weighted by atomic mass is 16.6.